The Kier molecular flexibility index (Phi) is 3.46. The zero-order chi connectivity index (χ0) is 10.6. The number of hydrogen-bond acceptors (Lipinski definition) is 1. The van der Waals surface area contributed by atoms with Gasteiger partial charge in [-0.05, 0) is 18.6 Å². The minimum absolute atomic E-state index is 0.0294. The van der Waals surface area contributed by atoms with Crippen LogP contribution in [-0.4, -0.2) is 4.57 Å². The molecule has 0 saturated heterocycles. The maximum atomic E-state index is 11.6. The molecule has 0 unspecified atom stereocenters. The summed E-state index contributed by atoms with van der Waals surface area (Å²) in [5.41, 5.74) is 2.01. The van der Waals surface area contributed by atoms with Gasteiger partial charge in [-0.3, -0.25) is 4.79 Å². The lowest BCUT2D eigenvalue weighted by Crippen LogP contribution is -2.22. The Bertz CT molecular complexity index is 401. The van der Waals surface area contributed by atoms with Gasteiger partial charge in [0.15, 0.2) is 0 Å². The number of nitrogens with zero attached hydrogens (tertiary/aromatic N) is 1. The normalized spacial score (nSPS) is 9.79. The van der Waals surface area contributed by atoms with Gasteiger partial charge in [0, 0.05) is 24.7 Å². The first-order valence-corrected chi connectivity index (χ1v) is 4.61. The minimum Gasteiger partial charge on any atom is -0.309 e. The summed E-state index contributed by atoms with van der Waals surface area (Å²) in [6, 6.07) is 3.64. The van der Waals surface area contributed by atoms with E-state index in [0.29, 0.717) is 13.0 Å². The second-order valence-corrected chi connectivity index (χ2v) is 3.25. The summed E-state index contributed by atoms with van der Waals surface area (Å²) in [5, 5.41) is 0. The molecule has 0 radical (unpaired) electrons. The molecule has 0 amide bonds. The predicted molar refractivity (Wildman–Crippen MR) is 59.5 cm³/mol. The van der Waals surface area contributed by atoms with Crippen molar-refractivity contribution in [3.8, 4) is 0 Å². The number of aryl methyl sites for hydroxylation is 1. The van der Waals surface area contributed by atoms with Gasteiger partial charge >= 0.3 is 0 Å². The molecule has 0 aromatic carbocycles. The summed E-state index contributed by atoms with van der Waals surface area (Å²) in [7, 11) is 0. The highest BCUT2D eigenvalue weighted by molar-refractivity contribution is 5.18. The number of pyridine rings is 1. The van der Waals surface area contributed by atoms with Crippen molar-refractivity contribution in [1.82, 2.24) is 4.57 Å². The molecular formula is C12H15NO. The molecule has 0 bridgehead atoms. The van der Waals surface area contributed by atoms with Gasteiger partial charge in [0.05, 0.1) is 0 Å². The van der Waals surface area contributed by atoms with Gasteiger partial charge < -0.3 is 4.57 Å². The highest BCUT2D eigenvalue weighted by Crippen LogP contribution is 2.03. The van der Waals surface area contributed by atoms with Crippen molar-refractivity contribution in [1.29, 1.82) is 0 Å². The molecule has 0 atom stereocenters. The minimum atomic E-state index is 0.0294. The predicted octanol–water partition coefficient (Wildman–Crippen LogP) is 2.07. The van der Waals surface area contributed by atoms with E-state index in [-0.39, 0.29) is 5.56 Å². The number of allylic oxidation sites excluding steroid dienone is 2. The molecule has 0 aliphatic rings. The molecule has 0 saturated carbocycles. The van der Waals surface area contributed by atoms with E-state index < -0.39 is 0 Å². The Morgan fingerprint density at radius 2 is 2.07 bits per heavy atom. The first-order valence-electron chi connectivity index (χ1n) is 4.61. The smallest absolute Gasteiger partial charge is 0.251 e. The Hall–Kier alpha value is -1.57. The second-order valence-electron chi connectivity index (χ2n) is 3.25. The SMILES string of the molecule is C=CCc1cc(C)cc(=O)n1CC=C. The first kappa shape index (κ1) is 10.5. The fraction of sp³-hybridized carbons (Fsp3) is 0.250. The monoisotopic (exact) mass is 189 g/mol. The van der Waals surface area contributed by atoms with Crippen molar-refractivity contribution < 1.29 is 0 Å². The lowest BCUT2D eigenvalue weighted by atomic mass is 10.2. The van der Waals surface area contributed by atoms with Gasteiger partial charge in [0.25, 0.3) is 5.56 Å². The van der Waals surface area contributed by atoms with E-state index in [0.717, 1.165) is 11.3 Å². The van der Waals surface area contributed by atoms with Gasteiger partial charge in [-0.15, -0.1) is 13.2 Å². The summed E-state index contributed by atoms with van der Waals surface area (Å²) in [6.07, 6.45) is 4.24. The quantitative estimate of drug-likeness (QED) is 0.665. The van der Waals surface area contributed by atoms with Crippen LogP contribution in [0.3, 0.4) is 0 Å². The number of hydrogen-bond donors (Lipinski definition) is 0. The van der Waals surface area contributed by atoms with Crippen molar-refractivity contribution in [2.24, 2.45) is 0 Å². The molecule has 2 heteroatoms. The van der Waals surface area contributed by atoms with Crippen LogP contribution in [0.2, 0.25) is 0 Å². The van der Waals surface area contributed by atoms with Crippen LogP contribution in [0.5, 0.6) is 0 Å². The Balaban J connectivity index is 3.27. The molecule has 1 rings (SSSR count). The summed E-state index contributed by atoms with van der Waals surface area (Å²) in [6.45, 7) is 9.79. The van der Waals surface area contributed by atoms with Gasteiger partial charge in [-0.1, -0.05) is 12.2 Å². The fourth-order valence-electron chi connectivity index (χ4n) is 1.45. The Morgan fingerprint density at radius 3 is 2.64 bits per heavy atom. The topological polar surface area (TPSA) is 22.0 Å². The Morgan fingerprint density at radius 1 is 1.36 bits per heavy atom. The molecule has 0 aliphatic carbocycles. The zero-order valence-corrected chi connectivity index (χ0v) is 8.49. The molecule has 0 spiro atoms. The van der Waals surface area contributed by atoms with Crippen LogP contribution in [-0.2, 0) is 13.0 Å². The second kappa shape index (κ2) is 4.61. The van der Waals surface area contributed by atoms with Crippen LogP contribution in [0.15, 0.2) is 42.2 Å². The molecule has 1 heterocycles. The van der Waals surface area contributed by atoms with E-state index in [1.54, 1.807) is 22.8 Å². The van der Waals surface area contributed by atoms with Crippen LogP contribution < -0.4 is 5.56 Å². The average Bonchev–Trinajstić information content (AvgIpc) is 2.11. The maximum absolute atomic E-state index is 11.6. The van der Waals surface area contributed by atoms with Crippen LogP contribution in [0.4, 0.5) is 0 Å². The molecular weight excluding hydrogens is 174 g/mol. The van der Waals surface area contributed by atoms with Gasteiger partial charge in [0.1, 0.15) is 0 Å². The van der Waals surface area contributed by atoms with E-state index in [1.165, 1.54) is 0 Å². The summed E-state index contributed by atoms with van der Waals surface area (Å²) < 4.78 is 1.71. The first-order chi connectivity index (χ1) is 6.69. The van der Waals surface area contributed by atoms with Crippen LogP contribution in [0, 0.1) is 6.92 Å². The Labute approximate surface area is 84.2 Å². The average molecular weight is 189 g/mol. The lowest BCUT2D eigenvalue weighted by Gasteiger charge is -2.09. The van der Waals surface area contributed by atoms with Gasteiger partial charge in [-0.2, -0.15) is 0 Å². The summed E-state index contributed by atoms with van der Waals surface area (Å²) in [4.78, 5) is 11.6. The highest BCUT2D eigenvalue weighted by atomic mass is 16.1. The van der Waals surface area contributed by atoms with E-state index in [2.05, 4.69) is 13.2 Å². The third-order valence-electron chi connectivity index (χ3n) is 2.02. The zero-order valence-electron chi connectivity index (χ0n) is 8.49. The van der Waals surface area contributed by atoms with Crippen LogP contribution >= 0.6 is 0 Å². The van der Waals surface area contributed by atoms with E-state index in [4.69, 9.17) is 0 Å². The van der Waals surface area contributed by atoms with Gasteiger partial charge in [-0.25, -0.2) is 0 Å². The molecule has 0 aliphatic heterocycles. The molecule has 1 aromatic heterocycles. The molecule has 1 aromatic rings. The summed E-state index contributed by atoms with van der Waals surface area (Å²) >= 11 is 0. The number of rotatable bonds is 4. The van der Waals surface area contributed by atoms with Crippen molar-refractivity contribution in [3.05, 3.63) is 59.1 Å². The third kappa shape index (κ3) is 2.22. The van der Waals surface area contributed by atoms with E-state index in [1.807, 2.05) is 13.0 Å². The highest BCUT2D eigenvalue weighted by Gasteiger charge is 2.01. The van der Waals surface area contributed by atoms with Gasteiger partial charge in [0.2, 0.25) is 0 Å². The third-order valence-corrected chi connectivity index (χ3v) is 2.02. The standard InChI is InChI=1S/C12H15NO/c1-4-6-11-8-10(3)9-12(14)13(11)7-5-2/h4-5,8-9H,1-2,6-7H2,3H3. The maximum Gasteiger partial charge on any atom is 0.251 e. The molecule has 0 fully saturated rings. The molecule has 0 N–H and O–H groups in total. The molecule has 2 nitrogen and oxygen atoms in total. The van der Waals surface area contributed by atoms with Crippen molar-refractivity contribution in [2.75, 3.05) is 0 Å². The van der Waals surface area contributed by atoms with Crippen LogP contribution in [0.1, 0.15) is 11.3 Å². The molecule has 74 valence electrons. The summed E-state index contributed by atoms with van der Waals surface area (Å²) in [5.74, 6) is 0. The van der Waals surface area contributed by atoms with E-state index >= 15 is 0 Å². The van der Waals surface area contributed by atoms with Crippen LogP contribution in [0.25, 0.3) is 0 Å². The van der Waals surface area contributed by atoms with Crippen molar-refractivity contribution in [2.45, 2.75) is 19.9 Å². The van der Waals surface area contributed by atoms with Crippen molar-refractivity contribution >= 4 is 0 Å². The fourth-order valence-corrected chi connectivity index (χ4v) is 1.45. The largest absolute Gasteiger partial charge is 0.309 e. The van der Waals surface area contributed by atoms with E-state index in [9.17, 15) is 4.79 Å². The van der Waals surface area contributed by atoms with Crippen molar-refractivity contribution in [3.63, 3.8) is 0 Å². The molecule has 14 heavy (non-hydrogen) atoms. The lowest BCUT2D eigenvalue weighted by molar-refractivity contribution is 0.731. The number of aromatic nitrogens is 1.